The summed E-state index contributed by atoms with van der Waals surface area (Å²) >= 11 is 0. The summed E-state index contributed by atoms with van der Waals surface area (Å²) < 4.78 is 0. The van der Waals surface area contributed by atoms with Gasteiger partial charge in [-0.3, -0.25) is 4.79 Å². The molecule has 0 radical (unpaired) electrons. The van der Waals surface area contributed by atoms with Crippen LogP contribution in [-0.2, 0) is 20.5 Å². The van der Waals surface area contributed by atoms with Crippen molar-refractivity contribution in [1.82, 2.24) is 0 Å². The van der Waals surface area contributed by atoms with E-state index in [1.807, 2.05) is 41.5 Å². The summed E-state index contributed by atoms with van der Waals surface area (Å²) in [6.45, 7) is 11.6. The molecule has 23 heavy (non-hydrogen) atoms. The molecule has 1 aromatic rings. The highest BCUT2D eigenvalue weighted by Crippen LogP contribution is 2.39. The van der Waals surface area contributed by atoms with Gasteiger partial charge in [-0.25, -0.2) is 4.79 Å². The van der Waals surface area contributed by atoms with E-state index in [2.05, 4.69) is 9.99 Å². The second-order valence-electron chi connectivity index (χ2n) is 7.44. The number of phenolic OH excluding ortho intramolecular Hbond substituents is 1. The van der Waals surface area contributed by atoms with Gasteiger partial charge >= 0.3 is 5.97 Å². The summed E-state index contributed by atoms with van der Waals surface area (Å²) in [6, 6.07) is 3.15. The summed E-state index contributed by atoms with van der Waals surface area (Å²) in [6.07, 6.45) is 0.716. The molecule has 0 aliphatic carbocycles. The largest absolute Gasteiger partial charge is 0.507 e. The zero-order chi connectivity index (χ0) is 18.0. The first-order valence-corrected chi connectivity index (χ1v) is 7.26. The molecular weight excluding hydrogens is 296 g/mol. The Morgan fingerprint density at radius 1 is 1.09 bits per heavy atom. The molecule has 0 heterocycles. The molecule has 0 atom stereocenters. The van der Waals surface area contributed by atoms with E-state index in [4.69, 9.17) is 5.73 Å². The Morgan fingerprint density at radius 3 is 1.87 bits per heavy atom. The standard InChI is InChI=1S/C17H24N2O4/c1-16(2,3)11-7-10(15(22)23-19-9-13(18)20)8-12(14(11)21)17(4,5)6/h7-9,21H,1-6H3,(H2,18,20). The number of rotatable bonds is 3. The van der Waals surface area contributed by atoms with Crippen LogP contribution in [0.2, 0.25) is 0 Å². The third kappa shape index (κ3) is 4.81. The lowest BCUT2D eigenvalue weighted by atomic mass is 9.78. The summed E-state index contributed by atoms with van der Waals surface area (Å²) in [5.74, 6) is -1.37. The number of hydrogen-bond donors (Lipinski definition) is 2. The Labute approximate surface area is 136 Å². The molecule has 126 valence electrons. The Bertz CT molecular complexity index is 615. The van der Waals surface area contributed by atoms with Crippen molar-refractivity contribution >= 4 is 18.1 Å². The molecule has 0 unspecified atom stereocenters. The van der Waals surface area contributed by atoms with Crippen molar-refractivity contribution in [2.45, 2.75) is 52.4 Å². The molecule has 6 heteroatoms. The van der Waals surface area contributed by atoms with Crippen molar-refractivity contribution in [2.24, 2.45) is 10.9 Å². The number of carbonyl (C=O) groups excluding carboxylic acids is 2. The van der Waals surface area contributed by atoms with E-state index >= 15 is 0 Å². The van der Waals surface area contributed by atoms with Gasteiger partial charge in [0, 0.05) is 11.1 Å². The lowest BCUT2D eigenvalue weighted by molar-refractivity contribution is -0.111. The SMILES string of the molecule is CC(C)(C)c1cc(C(=O)ON=CC(N)=O)cc(C(C)(C)C)c1O. The fraction of sp³-hybridized carbons (Fsp3) is 0.471. The normalized spacial score (nSPS) is 12.4. The van der Waals surface area contributed by atoms with E-state index < -0.39 is 11.9 Å². The van der Waals surface area contributed by atoms with E-state index in [9.17, 15) is 14.7 Å². The first kappa shape index (κ1) is 18.7. The molecule has 0 saturated carbocycles. The summed E-state index contributed by atoms with van der Waals surface area (Å²) in [5, 5.41) is 13.8. The predicted molar refractivity (Wildman–Crippen MR) is 88.6 cm³/mol. The molecule has 0 fully saturated rings. The summed E-state index contributed by atoms with van der Waals surface area (Å²) in [5.41, 5.74) is 5.68. The third-order valence-corrected chi connectivity index (χ3v) is 3.28. The zero-order valence-corrected chi connectivity index (χ0v) is 14.4. The molecule has 0 aromatic heterocycles. The van der Waals surface area contributed by atoms with Crippen LogP contribution in [0.3, 0.4) is 0 Å². The second kappa shape index (κ2) is 6.40. The third-order valence-electron chi connectivity index (χ3n) is 3.28. The maximum atomic E-state index is 12.1. The Kier molecular flexibility index (Phi) is 5.20. The molecule has 1 aromatic carbocycles. The second-order valence-corrected chi connectivity index (χ2v) is 7.44. The smallest absolute Gasteiger partial charge is 0.365 e. The highest BCUT2D eigenvalue weighted by molar-refractivity contribution is 6.25. The molecule has 0 bridgehead atoms. The number of aromatic hydroxyl groups is 1. The maximum absolute atomic E-state index is 12.1. The van der Waals surface area contributed by atoms with E-state index in [0.29, 0.717) is 17.3 Å². The van der Waals surface area contributed by atoms with Crippen LogP contribution in [0, 0.1) is 0 Å². The van der Waals surface area contributed by atoms with E-state index in [-0.39, 0.29) is 22.1 Å². The van der Waals surface area contributed by atoms with E-state index in [1.54, 1.807) is 12.1 Å². The Balaban J connectivity index is 3.39. The number of primary amides is 1. The molecule has 6 nitrogen and oxygen atoms in total. The topological polar surface area (TPSA) is 102 Å². The van der Waals surface area contributed by atoms with Crippen molar-refractivity contribution in [3.8, 4) is 5.75 Å². The number of carbonyl (C=O) groups is 2. The number of oxime groups is 1. The molecule has 0 saturated heterocycles. The van der Waals surface area contributed by atoms with Crippen molar-refractivity contribution in [3.63, 3.8) is 0 Å². The van der Waals surface area contributed by atoms with Crippen LogP contribution in [0.1, 0.15) is 63.0 Å². The van der Waals surface area contributed by atoms with Crippen LogP contribution in [0.4, 0.5) is 0 Å². The van der Waals surface area contributed by atoms with Gasteiger partial charge in [0.2, 0.25) is 0 Å². The maximum Gasteiger partial charge on any atom is 0.365 e. The minimum atomic E-state index is -0.811. The van der Waals surface area contributed by atoms with Crippen molar-refractivity contribution in [3.05, 3.63) is 28.8 Å². The van der Waals surface area contributed by atoms with E-state index in [0.717, 1.165) is 0 Å². The summed E-state index contributed by atoms with van der Waals surface area (Å²) in [4.78, 5) is 27.4. The first-order valence-electron chi connectivity index (χ1n) is 7.26. The fourth-order valence-corrected chi connectivity index (χ4v) is 2.07. The van der Waals surface area contributed by atoms with Gasteiger partial charge in [-0.2, -0.15) is 0 Å². The highest BCUT2D eigenvalue weighted by Gasteiger charge is 2.28. The van der Waals surface area contributed by atoms with Crippen molar-refractivity contribution < 1.29 is 19.5 Å². The number of amides is 1. The van der Waals surface area contributed by atoms with Crippen LogP contribution in [-0.4, -0.2) is 23.2 Å². The lowest BCUT2D eigenvalue weighted by Gasteiger charge is -2.27. The molecule has 1 rings (SSSR count). The van der Waals surface area contributed by atoms with Gasteiger partial charge in [0.15, 0.2) is 0 Å². The molecule has 0 spiro atoms. The van der Waals surface area contributed by atoms with Crippen molar-refractivity contribution in [2.75, 3.05) is 0 Å². The fourth-order valence-electron chi connectivity index (χ4n) is 2.07. The number of phenols is 1. The number of benzene rings is 1. The number of hydrogen-bond acceptors (Lipinski definition) is 5. The van der Waals surface area contributed by atoms with Crippen LogP contribution in [0.25, 0.3) is 0 Å². The highest BCUT2D eigenvalue weighted by atomic mass is 16.7. The molecular formula is C17H24N2O4. The number of nitrogens with two attached hydrogens (primary N) is 1. The Morgan fingerprint density at radius 2 is 1.52 bits per heavy atom. The van der Waals surface area contributed by atoms with Gasteiger partial charge < -0.3 is 15.7 Å². The average molecular weight is 320 g/mol. The van der Waals surface area contributed by atoms with Gasteiger partial charge in [0.25, 0.3) is 5.91 Å². The van der Waals surface area contributed by atoms with Gasteiger partial charge in [0.1, 0.15) is 12.0 Å². The predicted octanol–water partition coefficient (Wildman–Crippen LogP) is 2.62. The molecule has 3 N–H and O–H groups in total. The monoisotopic (exact) mass is 320 g/mol. The van der Waals surface area contributed by atoms with Gasteiger partial charge in [0.05, 0.1) is 5.56 Å². The Hall–Kier alpha value is -2.37. The number of nitrogens with zero attached hydrogens (tertiary/aromatic N) is 1. The lowest BCUT2D eigenvalue weighted by Crippen LogP contribution is -2.19. The van der Waals surface area contributed by atoms with Gasteiger partial charge in [-0.15, -0.1) is 0 Å². The molecule has 0 aliphatic heterocycles. The van der Waals surface area contributed by atoms with Gasteiger partial charge in [-0.05, 0) is 23.0 Å². The van der Waals surface area contributed by atoms with Crippen LogP contribution in [0.5, 0.6) is 5.75 Å². The first-order chi connectivity index (χ1) is 10.3. The van der Waals surface area contributed by atoms with Crippen LogP contribution in [0.15, 0.2) is 17.3 Å². The minimum Gasteiger partial charge on any atom is -0.507 e. The average Bonchev–Trinajstić information content (AvgIpc) is 2.35. The van der Waals surface area contributed by atoms with Gasteiger partial charge in [-0.1, -0.05) is 46.7 Å². The zero-order valence-electron chi connectivity index (χ0n) is 14.4. The summed E-state index contributed by atoms with van der Waals surface area (Å²) in [7, 11) is 0. The van der Waals surface area contributed by atoms with Crippen LogP contribution < -0.4 is 5.73 Å². The van der Waals surface area contributed by atoms with Crippen LogP contribution >= 0.6 is 0 Å². The van der Waals surface area contributed by atoms with E-state index in [1.165, 1.54) is 0 Å². The molecule has 1 amide bonds. The quantitative estimate of drug-likeness (QED) is 0.507. The minimum absolute atomic E-state index is 0.169. The molecule has 0 aliphatic rings. The van der Waals surface area contributed by atoms with Crippen molar-refractivity contribution in [1.29, 1.82) is 0 Å².